The maximum atomic E-state index is 12.5. The molecule has 0 saturated carbocycles. The van der Waals surface area contributed by atoms with E-state index < -0.39 is 12.6 Å². The molecule has 2 aromatic carbocycles. The topological polar surface area (TPSA) is 72.5 Å². The van der Waals surface area contributed by atoms with E-state index in [1.807, 2.05) is 0 Å². The Labute approximate surface area is 160 Å². The molecule has 0 atom stereocenters. The highest BCUT2D eigenvalue weighted by Gasteiger charge is 2.19. The van der Waals surface area contributed by atoms with E-state index in [9.17, 15) is 13.6 Å². The van der Waals surface area contributed by atoms with Crippen molar-refractivity contribution in [3.8, 4) is 28.7 Å². The van der Waals surface area contributed by atoms with Crippen molar-refractivity contribution in [1.29, 1.82) is 0 Å². The Hall–Kier alpha value is -3.23. The molecule has 28 heavy (non-hydrogen) atoms. The molecule has 152 valence electrons. The Bertz CT molecular complexity index is 824. The molecule has 0 saturated heterocycles. The van der Waals surface area contributed by atoms with Crippen LogP contribution in [0.4, 0.5) is 8.78 Å². The van der Waals surface area contributed by atoms with Crippen LogP contribution in [0.25, 0.3) is 0 Å². The molecule has 0 aliphatic heterocycles. The standard InChI is InChI=1S/C19H20F2O7/c1-23-14-9-17(26-4)16(25-3)8-12(14)18(22)27-10-11-5-6-13(28-19(20)21)15(7-11)24-2/h5-9,19H,10H2,1-4H3. The van der Waals surface area contributed by atoms with Crippen LogP contribution >= 0.6 is 0 Å². The average Bonchev–Trinajstić information content (AvgIpc) is 2.71. The van der Waals surface area contributed by atoms with Crippen LogP contribution in [0.5, 0.6) is 28.7 Å². The minimum absolute atomic E-state index is 0.0950. The van der Waals surface area contributed by atoms with E-state index >= 15 is 0 Å². The average molecular weight is 398 g/mol. The predicted octanol–water partition coefficient (Wildman–Crippen LogP) is 3.68. The van der Waals surface area contributed by atoms with Gasteiger partial charge in [-0.25, -0.2) is 4.79 Å². The maximum absolute atomic E-state index is 12.5. The van der Waals surface area contributed by atoms with Gasteiger partial charge in [0.2, 0.25) is 0 Å². The zero-order valence-electron chi connectivity index (χ0n) is 15.8. The molecule has 0 unspecified atom stereocenters. The molecule has 2 rings (SSSR count). The summed E-state index contributed by atoms with van der Waals surface area (Å²) in [7, 11) is 5.63. The van der Waals surface area contributed by atoms with Crippen LogP contribution in [0.15, 0.2) is 30.3 Å². The molecule has 9 heteroatoms. The Balaban J connectivity index is 2.18. The lowest BCUT2D eigenvalue weighted by molar-refractivity contribution is -0.0512. The van der Waals surface area contributed by atoms with Gasteiger partial charge in [0.25, 0.3) is 0 Å². The van der Waals surface area contributed by atoms with Crippen molar-refractivity contribution < 1.29 is 42.0 Å². The van der Waals surface area contributed by atoms with Crippen molar-refractivity contribution in [2.24, 2.45) is 0 Å². The van der Waals surface area contributed by atoms with Gasteiger partial charge < -0.3 is 28.4 Å². The van der Waals surface area contributed by atoms with E-state index in [1.165, 1.54) is 58.8 Å². The zero-order valence-corrected chi connectivity index (χ0v) is 15.8. The molecule has 0 amide bonds. The molecule has 0 spiro atoms. The fourth-order valence-electron chi connectivity index (χ4n) is 2.41. The SMILES string of the molecule is COc1cc(OC)c(C(=O)OCc2ccc(OC(F)F)c(OC)c2)cc1OC. The fraction of sp³-hybridized carbons (Fsp3) is 0.316. The summed E-state index contributed by atoms with van der Waals surface area (Å²) in [6, 6.07) is 7.19. The van der Waals surface area contributed by atoms with E-state index in [0.29, 0.717) is 17.1 Å². The predicted molar refractivity (Wildman–Crippen MR) is 94.8 cm³/mol. The minimum atomic E-state index is -2.98. The summed E-state index contributed by atoms with van der Waals surface area (Å²) in [5.74, 6) is 0.304. The van der Waals surface area contributed by atoms with Crippen molar-refractivity contribution in [1.82, 2.24) is 0 Å². The van der Waals surface area contributed by atoms with Gasteiger partial charge in [0.15, 0.2) is 23.0 Å². The van der Waals surface area contributed by atoms with E-state index in [4.69, 9.17) is 23.7 Å². The third-order valence-corrected chi connectivity index (χ3v) is 3.74. The number of halogens is 2. The highest BCUT2D eigenvalue weighted by molar-refractivity contribution is 5.93. The first-order valence-electron chi connectivity index (χ1n) is 8.02. The van der Waals surface area contributed by atoms with Crippen molar-refractivity contribution in [2.75, 3.05) is 28.4 Å². The molecule has 2 aromatic rings. The molecule has 7 nitrogen and oxygen atoms in total. The molecule has 0 aromatic heterocycles. The zero-order chi connectivity index (χ0) is 20.7. The fourth-order valence-corrected chi connectivity index (χ4v) is 2.41. The molecule has 0 aliphatic carbocycles. The number of ether oxygens (including phenoxy) is 6. The van der Waals surface area contributed by atoms with Gasteiger partial charge >= 0.3 is 12.6 Å². The van der Waals surface area contributed by atoms with Crippen LogP contribution in [0, 0.1) is 0 Å². The second-order valence-electron chi connectivity index (χ2n) is 5.35. The van der Waals surface area contributed by atoms with E-state index in [1.54, 1.807) is 0 Å². The molecular formula is C19H20F2O7. The molecular weight excluding hydrogens is 378 g/mol. The van der Waals surface area contributed by atoms with Gasteiger partial charge in [-0.05, 0) is 17.7 Å². The van der Waals surface area contributed by atoms with E-state index in [-0.39, 0.29) is 29.4 Å². The quantitative estimate of drug-likeness (QED) is 0.597. The monoisotopic (exact) mass is 398 g/mol. The van der Waals surface area contributed by atoms with Crippen LogP contribution in [0.1, 0.15) is 15.9 Å². The number of methoxy groups -OCH3 is 4. The van der Waals surface area contributed by atoms with Crippen molar-refractivity contribution >= 4 is 5.97 Å². The second-order valence-corrected chi connectivity index (χ2v) is 5.35. The van der Waals surface area contributed by atoms with E-state index in [2.05, 4.69) is 4.74 Å². The smallest absolute Gasteiger partial charge is 0.387 e. The summed E-state index contributed by atoms with van der Waals surface area (Å²) < 4.78 is 55.0. The van der Waals surface area contributed by atoms with Gasteiger partial charge in [-0.3, -0.25) is 0 Å². The molecule has 0 aliphatic rings. The molecule has 0 N–H and O–H groups in total. The van der Waals surface area contributed by atoms with Crippen LogP contribution in [0.2, 0.25) is 0 Å². The summed E-state index contributed by atoms with van der Waals surface area (Å²) in [6.07, 6.45) is 0. The summed E-state index contributed by atoms with van der Waals surface area (Å²) in [5, 5.41) is 0. The highest BCUT2D eigenvalue weighted by atomic mass is 19.3. The van der Waals surface area contributed by atoms with Gasteiger partial charge in [0.1, 0.15) is 17.9 Å². The van der Waals surface area contributed by atoms with Crippen LogP contribution in [-0.2, 0) is 11.3 Å². The Morgan fingerprint density at radius 1 is 0.821 bits per heavy atom. The molecule has 0 fully saturated rings. The Morgan fingerprint density at radius 3 is 1.96 bits per heavy atom. The number of benzene rings is 2. The lowest BCUT2D eigenvalue weighted by Crippen LogP contribution is -2.09. The van der Waals surface area contributed by atoms with E-state index in [0.717, 1.165) is 0 Å². The third kappa shape index (κ3) is 4.93. The van der Waals surface area contributed by atoms with Gasteiger partial charge in [0, 0.05) is 12.1 Å². The van der Waals surface area contributed by atoms with Crippen LogP contribution in [0.3, 0.4) is 0 Å². The first-order valence-corrected chi connectivity index (χ1v) is 8.02. The number of carbonyl (C=O) groups is 1. The first kappa shape index (κ1) is 21.1. The Kier molecular flexibility index (Phi) is 7.25. The van der Waals surface area contributed by atoms with Gasteiger partial charge in [-0.1, -0.05) is 6.07 Å². The maximum Gasteiger partial charge on any atom is 0.387 e. The summed E-state index contributed by atoms with van der Waals surface area (Å²) >= 11 is 0. The third-order valence-electron chi connectivity index (χ3n) is 3.74. The highest BCUT2D eigenvalue weighted by Crippen LogP contribution is 2.35. The summed E-state index contributed by atoms with van der Waals surface area (Å²) in [5.41, 5.74) is 0.663. The number of carbonyl (C=O) groups excluding carboxylic acids is 1. The lowest BCUT2D eigenvalue weighted by atomic mass is 10.1. The molecule has 0 radical (unpaired) electrons. The number of alkyl halides is 2. The minimum Gasteiger partial charge on any atom is -0.496 e. The number of hydrogen-bond donors (Lipinski definition) is 0. The first-order chi connectivity index (χ1) is 13.4. The van der Waals surface area contributed by atoms with Crippen molar-refractivity contribution in [3.63, 3.8) is 0 Å². The Morgan fingerprint density at radius 2 is 1.39 bits per heavy atom. The number of esters is 1. The van der Waals surface area contributed by atoms with Gasteiger partial charge in [0.05, 0.1) is 28.4 Å². The largest absolute Gasteiger partial charge is 0.496 e. The number of rotatable bonds is 9. The second kappa shape index (κ2) is 9.63. The number of hydrogen-bond acceptors (Lipinski definition) is 7. The van der Waals surface area contributed by atoms with Crippen molar-refractivity contribution in [2.45, 2.75) is 13.2 Å². The summed E-state index contributed by atoms with van der Waals surface area (Å²) in [6.45, 7) is -3.10. The lowest BCUT2D eigenvalue weighted by Gasteiger charge is -2.14. The molecule has 0 bridgehead atoms. The molecule has 0 heterocycles. The van der Waals surface area contributed by atoms with Gasteiger partial charge in [-0.2, -0.15) is 8.78 Å². The van der Waals surface area contributed by atoms with Crippen molar-refractivity contribution in [3.05, 3.63) is 41.5 Å². The summed E-state index contributed by atoms with van der Waals surface area (Å²) in [4.78, 5) is 12.5. The normalized spacial score (nSPS) is 10.4. The van der Waals surface area contributed by atoms with Crippen LogP contribution in [-0.4, -0.2) is 41.0 Å². The van der Waals surface area contributed by atoms with Gasteiger partial charge in [-0.15, -0.1) is 0 Å². The van der Waals surface area contributed by atoms with Crippen LogP contribution < -0.4 is 23.7 Å².